The molecule has 2 radical (unpaired) electrons. The molecule has 2 amide bonds. The quantitative estimate of drug-likeness (QED) is 0.618. The van der Waals surface area contributed by atoms with Gasteiger partial charge in [-0.3, -0.25) is 9.59 Å². The summed E-state index contributed by atoms with van der Waals surface area (Å²) in [7, 11) is 0. The largest absolute Gasteiger partial charge is 0.349 e. The summed E-state index contributed by atoms with van der Waals surface area (Å²) >= 11 is 0. The van der Waals surface area contributed by atoms with E-state index in [-0.39, 0.29) is 29.1 Å². The van der Waals surface area contributed by atoms with E-state index in [0.717, 1.165) is 10.1 Å². The van der Waals surface area contributed by atoms with E-state index in [1.165, 1.54) is 0 Å². The monoisotopic (exact) mass is 496 g/mol. The number of amides is 2. The number of rotatable bonds is 4. The van der Waals surface area contributed by atoms with Gasteiger partial charge in [0.25, 0.3) is 11.8 Å². The Kier molecular flexibility index (Phi) is 7.39. The van der Waals surface area contributed by atoms with Crippen LogP contribution < -0.4 is 10.6 Å². The highest BCUT2D eigenvalue weighted by atomic mass is 16.5. The van der Waals surface area contributed by atoms with Gasteiger partial charge in [-0.1, -0.05) is 5.92 Å². The summed E-state index contributed by atoms with van der Waals surface area (Å²) in [5, 5.41) is 33.7. The van der Waals surface area contributed by atoms with Gasteiger partial charge in [-0.2, -0.15) is 0 Å². The van der Waals surface area contributed by atoms with Gasteiger partial charge in [0.15, 0.2) is 0 Å². The Labute approximate surface area is 215 Å². The lowest BCUT2D eigenvalue weighted by molar-refractivity contribution is -0.289. The van der Waals surface area contributed by atoms with Crippen molar-refractivity contribution < 1.29 is 20.0 Å². The van der Waals surface area contributed by atoms with Crippen LogP contribution in [0.4, 0.5) is 0 Å². The van der Waals surface area contributed by atoms with Crippen LogP contribution in [-0.4, -0.2) is 56.2 Å². The number of terminal acetylenes is 1. The smallest absolute Gasteiger partial charge is 0.252 e. The molecule has 0 unspecified atom stereocenters. The number of piperidine rings is 2. The predicted molar refractivity (Wildman–Crippen MR) is 137 cm³/mol. The van der Waals surface area contributed by atoms with Gasteiger partial charge < -0.3 is 10.6 Å². The lowest BCUT2D eigenvalue weighted by Gasteiger charge is -2.50. The van der Waals surface area contributed by atoms with Crippen LogP contribution in [0.1, 0.15) is 107 Å². The molecular formula is C28H40N4O4. The molecule has 1 aromatic carbocycles. The Morgan fingerprint density at radius 3 is 1.47 bits per heavy atom. The number of hydrogen-bond donors (Lipinski definition) is 2. The molecule has 2 heterocycles. The zero-order chi connectivity index (χ0) is 27.3. The molecular weight excluding hydrogens is 456 g/mol. The van der Waals surface area contributed by atoms with Gasteiger partial charge in [0.2, 0.25) is 0 Å². The van der Waals surface area contributed by atoms with Crippen LogP contribution in [0, 0.1) is 12.3 Å². The van der Waals surface area contributed by atoms with Crippen LogP contribution in [0.3, 0.4) is 0 Å². The molecule has 3 rings (SSSR count). The number of benzene rings is 1. The van der Waals surface area contributed by atoms with Crippen LogP contribution in [0.2, 0.25) is 0 Å². The van der Waals surface area contributed by atoms with Crippen molar-refractivity contribution in [3.8, 4) is 12.3 Å². The van der Waals surface area contributed by atoms with Gasteiger partial charge in [-0.05, 0) is 99.3 Å². The summed E-state index contributed by atoms with van der Waals surface area (Å²) in [4.78, 5) is 26.9. The van der Waals surface area contributed by atoms with Crippen molar-refractivity contribution in [1.29, 1.82) is 0 Å². The van der Waals surface area contributed by atoms with Crippen molar-refractivity contribution in [2.45, 2.75) is 115 Å². The zero-order valence-corrected chi connectivity index (χ0v) is 22.8. The molecule has 1 aromatic rings. The minimum absolute atomic E-state index is 0.197. The van der Waals surface area contributed by atoms with Crippen molar-refractivity contribution in [2.24, 2.45) is 0 Å². The summed E-state index contributed by atoms with van der Waals surface area (Å²) < 4.78 is 0. The number of carbonyl (C=O) groups excluding carboxylic acids is 2. The standard InChI is InChI=1S/C28H40N4O4/c1-10-18-11-12-21(23(33)29-19-14-25(2,3)31(35)26(4,5)15-19)22(13-18)24(34)30-20-16-27(6,7)32(36)28(8,9)17-20/h1,11-13,19-20H,14-17H2,2-9H3,(H,29,33)(H,30,34). The molecule has 0 atom stereocenters. The van der Waals surface area contributed by atoms with E-state index in [2.05, 4.69) is 16.6 Å². The highest BCUT2D eigenvalue weighted by molar-refractivity contribution is 6.07. The third-order valence-corrected chi connectivity index (χ3v) is 7.53. The Balaban J connectivity index is 1.84. The topological polar surface area (TPSA) is 104 Å². The molecule has 0 saturated carbocycles. The van der Waals surface area contributed by atoms with E-state index in [9.17, 15) is 20.0 Å². The average Bonchev–Trinajstić information content (AvgIpc) is 2.74. The van der Waals surface area contributed by atoms with Crippen LogP contribution >= 0.6 is 0 Å². The van der Waals surface area contributed by atoms with E-state index < -0.39 is 28.1 Å². The van der Waals surface area contributed by atoms with Crippen molar-refractivity contribution in [1.82, 2.24) is 20.8 Å². The van der Waals surface area contributed by atoms with E-state index in [0.29, 0.717) is 31.2 Å². The second-order valence-corrected chi connectivity index (χ2v) is 12.9. The van der Waals surface area contributed by atoms with Gasteiger partial charge in [0, 0.05) is 39.8 Å². The Hall–Kier alpha value is -2.44. The first-order chi connectivity index (χ1) is 16.4. The molecule has 2 aliphatic heterocycles. The van der Waals surface area contributed by atoms with Crippen LogP contribution in [0.15, 0.2) is 18.2 Å². The summed E-state index contributed by atoms with van der Waals surface area (Å²) in [6.45, 7) is 15.0. The lowest BCUT2D eigenvalue weighted by atomic mass is 9.78. The summed E-state index contributed by atoms with van der Waals surface area (Å²) in [6.07, 6.45) is 7.54. The summed E-state index contributed by atoms with van der Waals surface area (Å²) in [5.41, 5.74) is -1.64. The maximum absolute atomic E-state index is 13.5. The van der Waals surface area contributed by atoms with E-state index >= 15 is 0 Å². The van der Waals surface area contributed by atoms with Crippen LogP contribution in [-0.2, 0) is 10.4 Å². The second-order valence-electron chi connectivity index (χ2n) is 12.9. The molecule has 2 saturated heterocycles. The fraction of sp³-hybridized carbons (Fsp3) is 0.643. The summed E-state index contributed by atoms with van der Waals surface area (Å²) in [5.74, 6) is 1.75. The van der Waals surface area contributed by atoms with Crippen molar-refractivity contribution >= 4 is 11.8 Å². The maximum Gasteiger partial charge on any atom is 0.252 e. The average molecular weight is 497 g/mol. The van der Waals surface area contributed by atoms with Crippen LogP contribution in [0.25, 0.3) is 0 Å². The molecule has 8 nitrogen and oxygen atoms in total. The van der Waals surface area contributed by atoms with Crippen LogP contribution in [0.5, 0.6) is 0 Å². The molecule has 2 aliphatic rings. The number of nitrogens with one attached hydrogen (secondary N) is 2. The number of nitrogens with zero attached hydrogens (tertiary/aromatic N) is 2. The van der Waals surface area contributed by atoms with Gasteiger partial charge >= 0.3 is 0 Å². The van der Waals surface area contributed by atoms with Gasteiger partial charge in [-0.25, -0.2) is 0 Å². The highest BCUT2D eigenvalue weighted by Gasteiger charge is 2.48. The first-order valence-corrected chi connectivity index (χ1v) is 12.6. The Morgan fingerprint density at radius 1 is 0.750 bits per heavy atom. The third kappa shape index (κ3) is 5.60. The van der Waals surface area contributed by atoms with Gasteiger partial charge in [-0.15, -0.1) is 27.0 Å². The van der Waals surface area contributed by atoms with Gasteiger partial charge in [0.05, 0.1) is 11.1 Å². The minimum Gasteiger partial charge on any atom is -0.349 e. The van der Waals surface area contributed by atoms with E-state index in [1.807, 2.05) is 55.4 Å². The fourth-order valence-corrected chi connectivity index (χ4v) is 6.28. The molecule has 36 heavy (non-hydrogen) atoms. The molecule has 8 heteroatoms. The molecule has 0 aliphatic carbocycles. The zero-order valence-electron chi connectivity index (χ0n) is 22.8. The van der Waals surface area contributed by atoms with Gasteiger partial charge in [0.1, 0.15) is 0 Å². The number of hydroxylamine groups is 4. The SMILES string of the molecule is C#Cc1ccc(C(=O)NC2CC(C)(C)N([O])C(C)(C)C2)c(C(=O)NC2CC(C)(C)N([O])C(C)(C)C2)c1. The maximum atomic E-state index is 13.5. The Bertz CT molecular complexity index is 1030. The number of carbonyl (C=O) groups is 2. The highest BCUT2D eigenvalue weighted by Crippen LogP contribution is 2.38. The molecule has 0 spiro atoms. The third-order valence-electron chi connectivity index (χ3n) is 7.53. The first-order valence-electron chi connectivity index (χ1n) is 12.6. The van der Waals surface area contributed by atoms with Crippen molar-refractivity contribution in [2.75, 3.05) is 0 Å². The van der Waals surface area contributed by atoms with E-state index in [1.54, 1.807) is 18.2 Å². The van der Waals surface area contributed by atoms with Crippen molar-refractivity contribution in [3.63, 3.8) is 0 Å². The molecule has 0 bridgehead atoms. The predicted octanol–water partition coefficient (Wildman–Crippen LogP) is 3.86. The van der Waals surface area contributed by atoms with E-state index in [4.69, 9.17) is 6.42 Å². The first kappa shape index (κ1) is 28.1. The fourth-order valence-electron chi connectivity index (χ4n) is 6.28. The molecule has 2 fully saturated rings. The molecule has 0 aromatic heterocycles. The number of hydrogen-bond acceptors (Lipinski definition) is 4. The lowest BCUT2D eigenvalue weighted by Crippen LogP contribution is -2.62. The normalized spacial score (nSPS) is 24.0. The molecule has 196 valence electrons. The Morgan fingerprint density at radius 2 is 1.11 bits per heavy atom. The minimum atomic E-state index is -0.642. The summed E-state index contributed by atoms with van der Waals surface area (Å²) in [6, 6.07) is 4.31. The van der Waals surface area contributed by atoms with Crippen molar-refractivity contribution in [3.05, 3.63) is 34.9 Å². The second kappa shape index (κ2) is 9.46. The molecule has 2 N–H and O–H groups in total.